The SMILES string of the molecule is N#Cc1cc(CS(=O)c2ccc(Cl)cc2N)ccn1. The van der Waals surface area contributed by atoms with E-state index in [1.54, 1.807) is 30.3 Å². The lowest BCUT2D eigenvalue weighted by Gasteiger charge is -2.06. The fourth-order valence-corrected chi connectivity index (χ4v) is 2.94. The molecule has 0 aliphatic heterocycles. The molecule has 1 unspecified atom stereocenters. The fourth-order valence-electron chi connectivity index (χ4n) is 1.58. The van der Waals surface area contributed by atoms with Crippen molar-refractivity contribution in [1.29, 1.82) is 5.26 Å². The van der Waals surface area contributed by atoms with E-state index in [1.807, 2.05) is 6.07 Å². The molecule has 4 nitrogen and oxygen atoms in total. The molecule has 2 N–H and O–H groups in total. The summed E-state index contributed by atoms with van der Waals surface area (Å²) in [7, 11) is -1.29. The van der Waals surface area contributed by atoms with Gasteiger partial charge in [-0.25, -0.2) is 4.98 Å². The van der Waals surface area contributed by atoms with Gasteiger partial charge in [0.05, 0.1) is 21.4 Å². The standard InChI is InChI=1S/C13H10ClN3OS/c14-10-1-2-13(12(16)6-10)19(18)8-9-3-4-17-11(5-9)7-15/h1-6H,8,16H2. The summed E-state index contributed by atoms with van der Waals surface area (Å²) in [5, 5.41) is 9.27. The number of pyridine rings is 1. The molecule has 1 heterocycles. The summed E-state index contributed by atoms with van der Waals surface area (Å²) in [6.07, 6.45) is 1.52. The molecule has 0 bridgehead atoms. The van der Waals surface area contributed by atoms with Crippen molar-refractivity contribution in [3.63, 3.8) is 0 Å². The lowest BCUT2D eigenvalue weighted by molar-refractivity contribution is 0.683. The first-order valence-electron chi connectivity index (χ1n) is 5.38. The Balaban J connectivity index is 2.23. The van der Waals surface area contributed by atoms with Crippen LogP contribution < -0.4 is 5.73 Å². The van der Waals surface area contributed by atoms with Gasteiger partial charge in [0.25, 0.3) is 0 Å². The van der Waals surface area contributed by atoms with Crippen LogP contribution in [0.4, 0.5) is 5.69 Å². The first-order valence-corrected chi connectivity index (χ1v) is 7.08. The second-order valence-corrected chi connectivity index (χ2v) is 5.69. The van der Waals surface area contributed by atoms with Gasteiger partial charge in [-0.05, 0) is 35.9 Å². The summed E-state index contributed by atoms with van der Waals surface area (Å²) in [5.74, 6) is 0.281. The van der Waals surface area contributed by atoms with Crippen molar-refractivity contribution in [3.05, 3.63) is 52.8 Å². The fraction of sp³-hybridized carbons (Fsp3) is 0.0769. The van der Waals surface area contributed by atoms with Crippen LogP contribution in [-0.4, -0.2) is 9.19 Å². The predicted molar refractivity (Wildman–Crippen MR) is 74.9 cm³/mol. The summed E-state index contributed by atoms with van der Waals surface area (Å²) >= 11 is 5.80. The number of benzene rings is 1. The van der Waals surface area contributed by atoms with E-state index >= 15 is 0 Å². The maximum atomic E-state index is 12.2. The average Bonchev–Trinajstić information content (AvgIpc) is 2.38. The van der Waals surface area contributed by atoms with Crippen molar-refractivity contribution in [2.24, 2.45) is 0 Å². The van der Waals surface area contributed by atoms with Gasteiger partial charge in [-0.3, -0.25) is 4.21 Å². The van der Waals surface area contributed by atoms with Crippen molar-refractivity contribution in [1.82, 2.24) is 4.98 Å². The Kier molecular flexibility index (Phi) is 4.15. The molecule has 0 aliphatic carbocycles. The zero-order chi connectivity index (χ0) is 13.8. The molecular weight excluding hydrogens is 282 g/mol. The van der Waals surface area contributed by atoms with Crippen LogP contribution in [-0.2, 0) is 16.6 Å². The third-order valence-corrected chi connectivity index (χ3v) is 4.15. The van der Waals surface area contributed by atoms with E-state index in [2.05, 4.69) is 4.98 Å². The van der Waals surface area contributed by atoms with E-state index in [4.69, 9.17) is 22.6 Å². The first-order chi connectivity index (χ1) is 9.10. The minimum absolute atomic E-state index is 0.281. The summed E-state index contributed by atoms with van der Waals surface area (Å²) in [6, 6.07) is 10.2. The zero-order valence-electron chi connectivity index (χ0n) is 9.84. The Morgan fingerprint density at radius 1 is 1.37 bits per heavy atom. The number of aromatic nitrogens is 1. The van der Waals surface area contributed by atoms with E-state index in [-0.39, 0.29) is 5.75 Å². The van der Waals surface area contributed by atoms with Crippen LogP contribution in [0.25, 0.3) is 0 Å². The summed E-state index contributed by atoms with van der Waals surface area (Å²) < 4.78 is 12.2. The minimum Gasteiger partial charge on any atom is -0.398 e. The molecule has 1 atom stereocenters. The maximum absolute atomic E-state index is 12.2. The number of nitrogens with two attached hydrogens (primary N) is 1. The highest BCUT2D eigenvalue weighted by molar-refractivity contribution is 7.84. The van der Waals surface area contributed by atoms with Gasteiger partial charge in [-0.1, -0.05) is 11.6 Å². The maximum Gasteiger partial charge on any atom is 0.140 e. The highest BCUT2D eigenvalue weighted by Gasteiger charge is 2.10. The Morgan fingerprint density at radius 2 is 2.16 bits per heavy atom. The Labute approximate surface area is 118 Å². The van der Waals surface area contributed by atoms with Crippen LogP contribution in [0.1, 0.15) is 11.3 Å². The monoisotopic (exact) mass is 291 g/mol. The van der Waals surface area contributed by atoms with Gasteiger partial charge in [0, 0.05) is 16.9 Å². The van der Waals surface area contributed by atoms with Gasteiger partial charge >= 0.3 is 0 Å². The minimum atomic E-state index is -1.29. The lowest BCUT2D eigenvalue weighted by atomic mass is 10.2. The van der Waals surface area contributed by atoms with Gasteiger partial charge in [0.1, 0.15) is 11.8 Å². The number of anilines is 1. The van der Waals surface area contributed by atoms with Gasteiger partial charge in [0.15, 0.2) is 0 Å². The molecule has 96 valence electrons. The molecular formula is C13H10ClN3OS. The third-order valence-electron chi connectivity index (χ3n) is 2.45. The second kappa shape index (κ2) is 5.83. The lowest BCUT2D eigenvalue weighted by Crippen LogP contribution is -2.01. The van der Waals surface area contributed by atoms with E-state index in [0.717, 1.165) is 5.56 Å². The van der Waals surface area contributed by atoms with Gasteiger partial charge < -0.3 is 5.73 Å². The Bertz CT molecular complexity index is 682. The molecule has 6 heteroatoms. The largest absolute Gasteiger partial charge is 0.398 e. The quantitative estimate of drug-likeness (QED) is 0.881. The number of nitrogens with zero attached hydrogens (tertiary/aromatic N) is 2. The topological polar surface area (TPSA) is 79.8 Å². The molecule has 0 amide bonds. The zero-order valence-corrected chi connectivity index (χ0v) is 11.4. The van der Waals surface area contributed by atoms with Crippen LogP contribution in [0.15, 0.2) is 41.4 Å². The number of rotatable bonds is 3. The number of halogens is 1. The molecule has 0 aliphatic rings. The number of nitrogen functional groups attached to an aromatic ring is 1. The molecule has 1 aromatic carbocycles. The number of hydrogen-bond donors (Lipinski definition) is 1. The molecule has 1 aromatic heterocycles. The van der Waals surface area contributed by atoms with Crippen LogP contribution in [0.3, 0.4) is 0 Å². The van der Waals surface area contributed by atoms with E-state index in [0.29, 0.717) is 21.3 Å². The molecule has 0 fully saturated rings. The highest BCUT2D eigenvalue weighted by Crippen LogP contribution is 2.23. The van der Waals surface area contributed by atoms with Crippen molar-refractivity contribution in [3.8, 4) is 6.07 Å². The Hall–Kier alpha value is -1.90. The first kappa shape index (κ1) is 13.5. The highest BCUT2D eigenvalue weighted by atomic mass is 35.5. The van der Waals surface area contributed by atoms with Crippen molar-refractivity contribution >= 4 is 28.1 Å². The van der Waals surface area contributed by atoms with Crippen LogP contribution in [0, 0.1) is 11.3 Å². The van der Waals surface area contributed by atoms with Crippen molar-refractivity contribution in [2.45, 2.75) is 10.6 Å². The average molecular weight is 292 g/mol. The van der Waals surface area contributed by atoms with Crippen LogP contribution in [0.2, 0.25) is 5.02 Å². The summed E-state index contributed by atoms with van der Waals surface area (Å²) in [5.41, 5.74) is 7.27. The van der Waals surface area contributed by atoms with E-state index in [9.17, 15) is 4.21 Å². The van der Waals surface area contributed by atoms with E-state index in [1.165, 1.54) is 6.20 Å². The predicted octanol–water partition coefficient (Wildman–Crippen LogP) is 2.50. The van der Waals surface area contributed by atoms with Crippen LogP contribution >= 0.6 is 11.6 Å². The molecule has 0 spiro atoms. The van der Waals surface area contributed by atoms with E-state index < -0.39 is 10.8 Å². The third kappa shape index (κ3) is 3.31. The number of hydrogen-bond acceptors (Lipinski definition) is 4. The second-order valence-electron chi connectivity index (χ2n) is 3.83. The van der Waals surface area contributed by atoms with Crippen molar-refractivity contribution < 1.29 is 4.21 Å². The molecule has 19 heavy (non-hydrogen) atoms. The van der Waals surface area contributed by atoms with Gasteiger partial charge in [-0.2, -0.15) is 5.26 Å². The van der Waals surface area contributed by atoms with Crippen molar-refractivity contribution in [2.75, 3.05) is 5.73 Å². The molecule has 2 aromatic rings. The normalized spacial score (nSPS) is 11.8. The molecule has 0 saturated heterocycles. The van der Waals surface area contributed by atoms with Gasteiger partial charge in [-0.15, -0.1) is 0 Å². The smallest absolute Gasteiger partial charge is 0.140 e. The van der Waals surface area contributed by atoms with Gasteiger partial charge in [0.2, 0.25) is 0 Å². The molecule has 2 rings (SSSR count). The molecule has 0 saturated carbocycles. The number of nitriles is 1. The summed E-state index contributed by atoms with van der Waals surface area (Å²) in [6.45, 7) is 0. The summed E-state index contributed by atoms with van der Waals surface area (Å²) in [4.78, 5) is 4.41. The Morgan fingerprint density at radius 3 is 2.84 bits per heavy atom. The van der Waals surface area contributed by atoms with Crippen LogP contribution in [0.5, 0.6) is 0 Å². The molecule has 0 radical (unpaired) electrons.